The molecule has 1 aliphatic heterocycles. The first kappa shape index (κ1) is 27.0. The third kappa shape index (κ3) is 5.88. The van der Waals surface area contributed by atoms with E-state index in [-0.39, 0.29) is 18.9 Å². The summed E-state index contributed by atoms with van der Waals surface area (Å²) in [5.41, 5.74) is 5.94. The number of carbonyl (C=O) groups is 1. The standard InChI is InChI=1S/C29H33N5O4S/c1-29(2,30)28(35)31-25(19-38-18-20-8-4-3-5-9-20)27-33-32-26-17-24(14-15-34(26)27)39(36,37)23-13-12-21-10-6-7-11-22(21)16-23/h3-13,16,24-25H,14-15,17-19,30H2,1-2H3,(H,31,35)/t24?,25-/m1/s1. The molecule has 0 saturated heterocycles. The molecule has 2 heterocycles. The van der Waals surface area contributed by atoms with Crippen molar-refractivity contribution in [2.75, 3.05) is 6.61 Å². The Morgan fingerprint density at radius 2 is 1.79 bits per heavy atom. The van der Waals surface area contributed by atoms with Crippen molar-refractivity contribution in [3.63, 3.8) is 0 Å². The van der Waals surface area contributed by atoms with Gasteiger partial charge in [-0.2, -0.15) is 0 Å². The summed E-state index contributed by atoms with van der Waals surface area (Å²) in [5, 5.41) is 12.9. The van der Waals surface area contributed by atoms with Crippen molar-refractivity contribution in [2.24, 2.45) is 5.73 Å². The van der Waals surface area contributed by atoms with E-state index in [0.29, 0.717) is 36.1 Å². The van der Waals surface area contributed by atoms with E-state index in [0.717, 1.165) is 16.3 Å². The largest absolute Gasteiger partial charge is 0.374 e. The molecule has 3 N–H and O–H groups in total. The molecule has 0 radical (unpaired) electrons. The Bertz CT molecular complexity index is 1580. The number of hydrogen-bond donors (Lipinski definition) is 2. The maximum Gasteiger partial charge on any atom is 0.240 e. The van der Waals surface area contributed by atoms with Gasteiger partial charge in [0, 0.05) is 13.0 Å². The Hall–Kier alpha value is -3.60. The molecule has 4 aromatic rings. The first-order chi connectivity index (χ1) is 18.6. The second kappa shape index (κ2) is 10.9. The number of aromatic nitrogens is 3. The molecule has 3 aromatic carbocycles. The second-order valence-corrected chi connectivity index (χ2v) is 12.8. The third-order valence-corrected chi connectivity index (χ3v) is 9.22. The Labute approximate surface area is 228 Å². The molecular weight excluding hydrogens is 514 g/mol. The number of nitrogens with two attached hydrogens (primary N) is 1. The van der Waals surface area contributed by atoms with E-state index in [1.807, 2.05) is 65.2 Å². The average Bonchev–Trinajstić information content (AvgIpc) is 3.35. The molecule has 1 aromatic heterocycles. The predicted molar refractivity (Wildman–Crippen MR) is 149 cm³/mol. The molecule has 0 aliphatic carbocycles. The van der Waals surface area contributed by atoms with Crippen molar-refractivity contribution in [2.45, 2.75) is 61.6 Å². The van der Waals surface area contributed by atoms with E-state index >= 15 is 0 Å². The van der Waals surface area contributed by atoms with Gasteiger partial charge in [-0.25, -0.2) is 8.42 Å². The molecule has 39 heavy (non-hydrogen) atoms. The van der Waals surface area contributed by atoms with Gasteiger partial charge in [0.15, 0.2) is 15.7 Å². The maximum absolute atomic E-state index is 13.6. The molecule has 5 rings (SSSR count). The van der Waals surface area contributed by atoms with Gasteiger partial charge in [0.2, 0.25) is 5.91 Å². The molecule has 1 unspecified atom stereocenters. The van der Waals surface area contributed by atoms with E-state index in [1.54, 1.807) is 26.0 Å². The molecule has 0 fully saturated rings. The van der Waals surface area contributed by atoms with E-state index < -0.39 is 26.7 Å². The molecule has 1 aliphatic rings. The summed E-state index contributed by atoms with van der Waals surface area (Å²) in [4.78, 5) is 13.1. The molecule has 10 heteroatoms. The van der Waals surface area contributed by atoms with Gasteiger partial charge in [-0.3, -0.25) is 4.79 Å². The summed E-state index contributed by atoms with van der Waals surface area (Å²) in [7, 11) is -3.58. The first-order valence-corrected chi connectivity index (χ1v) is 14.5. The van der Waals surface area contributed by atoms with Crippen molar-refractivity contribution in [1.82, 2.24) is 20.1 Å². The highest BCUT2D eigenvalue weighted by Crippen LogP contribution is 2.29. The van der Waals surface area contributed by atoms with Crippen molar-refractivity contribution in [3.05, 3.63) is 90.0 Å². The Morgan fingerprint density at radius 1 is 1.08 bits per heavy atom. The number of nitrogens with zero attached hydrogens (tertiary/aromatic N) is 3. The number of ether oxygens (including phenoxy) is 1. The summed E-state index contributed by atoms with van der Waals surface area (Å²) in [6.45, 7) is 4.20. The fourth-order valence-corrected chi connectivity index (χ4v) is 6.49. The zero-order chi connectivity index (χ0) is 27.6. The number of hydrogen-bond acceptors (Lipinski definition) is 7. The number of nitrogens with one attached hydrogen (secondary N) is 1. The number of rotatable bonds is 9. The van der Waals surface area contributed by atoms with Crippen LogP contribution in [0.4, 0.5) is 0 Å². The fourth-order valence-electron chi connectivity index (χ4n) is 4.78. The topological polar surface area (TPSA) is 129 Å². The van der Waals surface area contributed by atoms with Crippen LogP contribution in [0, 0.1) is 0 Å². The van der Waals surface area contributed by atoms with Crippen molar-refractivity contribution in [1.29, 1.82) is 0 Å². The molecule has 0 spiro atoms. The molecule has 204 valence electrons. The SMILES string of the molecule is CC(C)(N)C(=O)N[C@H](COCc1ccccc1)c1nnc2n1CCC(S(=O)(=O)c1ccc3ccccc3c1)C2. The summed E-state index contributed by atoms with van der Waals surface area (Å²) >= 11 is 0. The molecule has 0 bridgehead atoms. The zero-order valence-corrected chi connectivity index (χ0v) is 22.9. The molecule has 0 saturated carbocycles. The smallest absolute Gasteiger partial charge is 0.240 e. The van der Waals surface area contributed by atoms with Gasteiger partial charge in [0.05, 0.1) is 28.9 Å². The highest BCUT2D eigenvalue weighted by atomic mass is 32.2. The minimum Gasteiger partial charge on any atom is -0.374 e. The van der Waals surface area contributed by atoms with Crippen LogP contribution < -0.4 is 11.1 Å². The van der Waals surface area contributed by atoms with Crippen LogP contribution in [0.2, 0.25) is 0 Å². The van der Waals surface area contributed by atoms with Crippen LogP contribution >= 0.6 is 0 Å². The lowest BCUT2D eigenvalue weighted by Gasteiger charge is -2.27. The van der Waals surface area contributed by atoms with Crippen LogP contribution in [-0.2, 0) is 38.9 Å². The van der Waals surface area contributed by atoms with Gasteiger partial charge < -0.3 is 20.4 Å². The highest BCUT2D eigenvalue weighted by Gasteiger charge is 2.35. The minimum absolute atomic E-state index is 0.160. The Morgan fingerprint density at radius 3 is 2.54 bits per heavy atom. The van der Waals surface area contributed by atoms with E-state index in [1.165, 1.54) is 0 Å². The maximum atomic E-state index is 13.6. The van der Waals surface area contributed by atoms with Gasteiger partial charge in [-0.1, -0.05) is 60.7 Å². The Kier molecular flexibility index (Phi) is 7.53. The normalized spacial score (nSPS) is 16.5. The van der Waals surface area contributed by atoms with Gasteiger partial charge in [-0.05, 0) is 48.7 Å². The minimum atomic E-state index is -3.58. The molecule has 9 nitrogen and oxygen atoms in total. The summed E-state index contributed by atoms with van der Waals surface area (Å²) in [6, 6.07) is 22.1. The summed E-state index contributed by atoms with van der Waals surface area (Å²) in [5.74, 6) is 0.748. The van der Waals surface area contributed by atoms with Crippen LogP contribution in [0.1, 0.15) is 43.5 Å². The van der Waals surface area contributed by atoms with Gasteiger partial charge in [0.25, 0.3) is 0 Å². The first-order valence-electron chi connectivity index (χ1n) is 13.0. The van der Waals surface area contributed by atoms with Crippen LogP contribution in [0.15, 0.2) is 77.7 Å². The lowest BCUT2D eigenvalue weighted by molar-refractivity contribution is -0.126. The predicted octanol–water partition coefficient (Wildman–Crippen LogP) is 3.33. The number of carbonyl (C=O) groups excluding carboxylic acids is 1. The van der Waals surface area contributed by atoms with Crippen LogP contribution in [0.3, 0.4) is 0 Å². The molecule has 2 atom stereocenters. The average molecular weight is 548 g/mol. The lowest BCUT2D eigenvalue weighted by Crippen LogP contribution is -2.51. The van der Waals surface area contributed by atoms with Gasteiger partial charge >= 0.3 is 0 Å². The summed E-state index contributed by atoms with van der Waals surface area (Å²) < 4.78 is 35.0. The number of sulfone groups is 1. The van der Waals surface area contributed by atoms with Gasteiger partial charge in [-0.15, -0.1) is 10.2 Å². The fraction of sp³-hybridized carbons (Fsp3) is 0.345. The van der Waals surface area contributed by atoms with Crippen molar-refractivity contribution in [3.8, 4) is 0 Å². The Balaban J connectivity index is 1.36. The van der Waals surface area contributed by atoms with Crippen LogP contribution in [0.5, 0.6) is 0 Å². The van der Waals surface area contributed by atoms with E-state index in [2.05, 4.69) is 15.5 Å². The van der Waals surface area contributed by atoms with Crippen LogP contribution in [0.25, 0.3) is 10.8 Å². The third-order valence-electron chi connectivity index (χ3n) is 7.03. The highest BCUT2D eigenvalue weighted by molar-refractivity contribution is 7.92. The van der Waals surface area contributed by atoms with E-state index in [4.69, 9.17) is 10.5 Å². The zero-order valence-electron chi connectivity index (χ0n) is 22.1. The number of fused-ring (bicyclic) bond motifs is 2. The van der Waals surface area contributed by atoms with Crippen LogP contribution in [-0.4, -0.2) is 46.5 Å². The quantitative estimate of drug-likeness (QED) is 0.329. The number of benzene rings is 3. The van der Waals surface area contributed by atoms with Gasteiger partial charge in [0.1, 0.15) is 11.9 Å². The second-order valence-electron chi connectivity index (χ2n) is 10.5. The van der Waals surface area contributed by atoms with Crippen molar-refractivity contribution < 1.29 is 17.9 Å². The molecular formula is C29H33N5O4S. The number of amides is 1. The van der Waals surface area contributed by atoms with E-state index in [9.17, 15) is 13.2 Å². The van der Waals surface area contributed by atoms with Crippen molar-refractivity contribution >= 4 is 26.5 Å². The lowest BCUT2D eigenvalue weighted by atomic mass is 10.1. The summed E-state index contributed by atoms with van der Waals surface area (Å²) in [6.07, 6.45) is 0.636. The molecule has 1 amide bonds. The monoisotopic (exact) mass is 547 g/mol.